The molecule has 32 heavy (non-hydrogen) atoms. The van der Waals surface area contributed by atoms with Gasteiger partial charge in [-0.3, -0.25) is 27.9 Å². The van der Waals surface area contributed by atoms with Crippen molar-refractivity contribution in [3.05, 3.63) is 33.1 Å². The zero-order chi connectivity index (χ0) is 23.5. The summed E-state index contributed by atoms with van der Waals surface area (Å²) in [6, 6.07) is 1.16. The van der Waals surface area contributed by atoms with Gasteiger partial charge in [0, 0.05) is 12.3 Å². The summed E-state index contributed by atoms with van der Waals surface area (Å²) in [5.41, 5.74) is -2.51. The lowest BCUT2D eigenvalue weighted by Crippen LogP contribution is -2.43. The highest BCUT2D eigenvalue weighted by Crippen LogP contribution is 2.60. The van der Waals surface area contributed by atoms with Crippen LogP contribution >= 0.6 is 7.82 Å². The van der Waals surface area contributed by atoms with Gasteiger partial charge in [-0.25, -0.2) is 14.2 Å². The van der Waals surface area contributed by atoms with Crippen molar-refractivity contribution in [1.29, 1.82) is 0 Å². The van der Waals surface area contributed by atoms with Crippen LogP contribution in [0.5, 0.6) is 0 Å². The van der Waals surface area contributed by atoms with E-state index in [9.17, 15) is 18.9 Å². The maximum Gasteiger partial charge on any atom is 0.475 e. The molecular weight excluding hydrogens is 447 g/mol. The van der Waals surface area contributed by atoms with Crippen LogP contribution in [-0.4, -0.2) is 60.3 Å². The average Bonchev–Trinajstić information content (AvgIpc) is 2.99. The van der Waals surface area contributed by atoms with E-state index in [2.05, 4.69) is 10.9 Å². The third-order valence-corrected chi connectivity index (χ3v) is 6.31. The number of terminal acetylenes is 1. The highest BCUT2D eigenvalue weighted by molar-refractivity contribution is 7.48. The third-order valence-electron chi connectivity index (χ3n) is 4.86. The third kappa shape index (κ3) is 5.20. The molecule has 0 aromatic carbocycles. The number of hydrogen-bond donors (Lipinski definition) is 1. The Morgan fingerprint density at radius 2 is 2.19 bits per heavy atom. The van der Waals surface area contributed by atoms with Crippen LogP contribution in [0.1, 0.15) is 27.0 Å². The van der Waals surface area contributed by atoms with E-state index in [-0.39, 0.29) is 32.5 Å². The number of carbonyl (C=O) groups is 1. The summed E-state index contributed by atoms with van der Waals surface area (Å²) in [6.07, 6.45) is 4.09. The molecule has 176 valence electrons. The molecule has 1 aromatic heterocycles. The van der Waals surface area contributed by atoms with Gasteiger partial charge in [0.05, 0.1) is 25.9 Å². The molecule has 0 radical (unpaired) electrons. The van der Waals surface area contributed by atoms with E-state index in [0.29, 0.717) is 0 Å². The van der Waals surface area contributed by atoms with Crippen LogP contribution in [-0.2, 0) is 37.1 Å². The normalized spacial score (nSPS) is 31.8. The Balaban J connectivity index is 1.63. The Kier molecular flexibility index (Phi) is 7.39. The number of H-pyrrole nitrogens is 1. The molecule has 0 amide bonds. The van der Waals surface area contributed by atoms with Gasteiger partial charge in [-0.2, -0.15) is 0 Å². The van der Waals surface area contributed by atoms with Gasteiger partial charge in [0.1, 0.15) is 24.2 Å². The molecule has 2 aliphatic rings. The van der Waals surface area contributed by atoms with Crippen LogP contribution in [0.3, 0.4) is 0 Å². The van der Waals surface area contributed by atoms with E-state index < -0.39 is 48.9 Å². The molecule has 2 fully saturated rings. The number of carbonyl (C=O) groups excluding carboxylic acids is 1. The number of aromatic amines is 1. The minimum Gasteiger partial charge on any atom is -0.461 e. The first kappa shape index (κ1) is 24.4. The highest BCUT2D eigenvalue weighted by Gasteiger charge is 2.60. The summed E-state index contributed by atoms with van der Waals surface area (Å²) in [6.45, 7) is 4.36. The van der Waals surface area contributed by atoms with Crippen LogP contribution in [0, 0.1) is 17.8 Å². The Hall–Kier alpha value is -2.26. The lowest BCUT2D eigenvalue weighted by molar-refractivity contribution is -0.153. The van der Waals surface area contributed by atoms with Crippen LogP contribution in [0.4, 0.5) is 0 Å². The number of rotatable bonds is 8. The molecule has 3 heterocycles. The van der Waals surface area contributed by atoms with E-state index >= 15 is 0 Å². The van der Waals surface area contributed by atoms with Gasteiger partial charge in [0.15, 0.2) is 6.23 Å². The SMILES string of the molecule is C#C[C@]1(C)[C@@H]2O[P@@](=O)(OCCOCC(=O)OC(C)C)OC[C@H]2O[C@H]1n1ccc(=O)[nH]c1=O. The van der Waals surface area contributed by atoms with Gasteiger partial charge in [-0.05, 0) is 20.8 Å². The minimum absolute atomic E-state index is 0.0592. The molecule has 0 bridgehead atoms. The van der Waals surface area contributed by atoms with Crippen LogP contribution in [0.2, 0.25) is 0 Å². The van der Waals surface area contributed by atoms with Crippen molar-refractivity contribution >= 4 is 13.8 Å². The summed E-state index contributed by atoms with van der Waals surface area (Å²) in [5.74, 6) is 2.03. The fourth-order valence-electron chi connectivity index (χ4n) is 3.39. The first-order valence-corrected chi connectivity index (χ1v) is 11.3. The monoisotopic (exact) mass is 472 g/mol. The van der Waals surface area contributed by atoms with E-state index in [1.807, 2.05) is 0 Å². The number of ether oxygens (including phenoxy) is 3. The first-order chi connectivity index (χ1) is 15.1. The van der Waals surface area contributed by atoms with Crippen molar-refractivity contribution in [1.82, 2.24) is 9.55 Å². The van der Waals surface area contributed by atoms with Crippen LogP contribution in [0.25, 0.3) is 0 Å². The van der Waals surface area contributed by atoms with Crippen molar-refractivity contribution < 1.29 is 37.1 Å². The number of hydrogen-bond acceptors (Lipinski definition) is 10. The maximum atomic E-state index is 12.9. The molecule has 1 N–H and O–H groups in total. The second-order valence-corrected chi connectivity index (χ2v) is 9.29. The largest absolute Gasteiger partial charge is 0.475 e. The van der Waals surface area contributed by atoms with E-state index in [0.717, 1.165) is 10.6 Å². The Morgan fingerprint density at radius 1 is 1.44 bits per heavy atom. The van der Waals surface area contributed by atoms with E-state index in [1.54, 1.807) is 20.8 Å². The van der Waals surface area contributed by atoms with Gasteiger partial charge in [-0.15, -0.1) is 6.42 Å². The number of nitrogens with zero attached hydrogens (tertiary/aromatic N) is 1. The predicted molar refractivity (Wildman–Crippen MR) is 109 cm³/mol. The second kappa shape index (κ2) is 9.70. The molecule has 0 aliphatic carbocycles. The number of esters is 1. The van der Waals surface area contributed by atoms with Crippen molar-refractivity contribution in [2.75, 3.05) is 26.4 Å². The van der Waals surface area contributed by atoms with Crippen molar-refractivity contribution in [2.45, 2.75) is 45.3 Å². The molecule has 12 nitrogen and oxygen atoms in total. The molecule has 13 heteroatoms. The first-order valence-electron chi connectivity index (χ1n) is 9.87. The molecule has 0 spiro atoms. The molecular formula is C19H25N2O10P. The van der Waals surface area contributed by atoms with Gasteiger partial charge in [-0.1, -0.05) is 5.92 Å². The number of phosphoric acid groups is 1. The zero-order valence-electron chi connectivity index (χ0n) is 17.8. The van der Waals surface area contributed by atoms with Gasteiger partial charge < -0.3 is 14.2 Å². The average molecular weight is 472 g/mol. The van der Waals surface area contributed by atoms with Crippen LogP contribution < -0.4 is 11.2 Å². The fraction of sp³-hybridized carbons (Fsp3) is 0.632. The Bertz CT molecular complexity index is 1040. The predicted octanol–water partition coefficient (Wildman–Crippen LogP) is 0.582. The molecule has 0 unspecified atom stereocenters. The van der Waals surface area contributed by atoms with E-state index in [1.165, 1.54) is 6.20 Å². The highest BCUT2D eigenvalue weighted by atomic mass is 31.2. The summed E-state index contributed by atoms with van der Waals surface area (Å²) in [7, 11) is -4.02. The van der Waals surface area contributed by atoms with Crippen LogP contribution in [0.15, 0.2) is 21.9 Å². The lowest BCUT2D eigenvalue weighted by atomic mass is 9.83. The number of phosphoric ester groups is 1. The quantitative estimate of drug-likeness (QED) is 0.247. The standard InChI is InChI=1S/C19H25N2O10P/c1-5-19(4)16-13(30-17(19)21-7-6-14(22)20-18(21)24)10-28-32(25,31-16)27-9-8-26-11-15(23)29-12(2)3/h1,6-7,12-13,16-17H,8-11H2,2-4H3,(H,20,22,24)/t13-,16-,17-,19-,32+/m1/s1. The molecule has 2 saturated heterocycles. The Labute approximate surface area is 183 Å². The molecule has 0 saturated carbocycles. The Morgan fingerprint density at radius 3 is 2.84 bits per heavy atom. The second-order valence-electron chi connectivity index (χ2n) is 7.66. The molecule has 3 rings (SSSR count). The maximum absolute atomic E-state index is 12.9. The number of nitrogens with one attached hydrogen (secondary N) is 1. The summed E-state index contributed by atoms with van der Waals surface area (Å²) < 4.78 is 46.1. The van der Waals surface area contributed by atoms with Gasteiger partial charge >= 0.3 is 19.5 Å². The van der Waals surface area contributed by atoms with Crippen molar-refractivity contribution in [2.24, 2.45) is 5.41 Å². The lowest BCUT2D eigenvalue weighted by Gasteiger charge is -2.35. The molecule has 5 atom stereocenters. The van der Waals surface area contributed by atoms with E-state index in [4.69, 9.17) is 34.2 Å². The summed E-state index contributed by atoms with van der Waals surface area (Å²) >= 11 is 0. The van der Waals surface area contributed by atoms with Crippen molar-refractivity contribution in [3.63, 3.8) is 0 Å². The minimum atomic E-state index is -4.02. The summed E-state index contributed by atoms with van der Waals surface area (Å²) in [4.78, 5) is 37.2. The van der Waals surface area contributed by atoms with Gasteiger partial charge in [0.2, 0.25) is 0 Å². The molecule has 2 aliphatic heterocycles. The zero-order valence-corrected chi connectivity index (χ0v) is 18.7. The number of fused-ring (bicyclic) bond motifs is 1. The smallest absolute Gasteiger partial charge is 0.461 e. The topological polar surface area (TPSA) is 144 Å². The molecule has 1 aromatic rings. The van der Waals surface area contributed by atoms with Crippen molar-refractivity contribution in [3.8, 4) is 12.3 Å². The van der Waals surface area contributed by atoms with Gasteiger partial charge in [0.25, 0.3) is 5.56 Å². The number of aromatic nitrogens is 2. The fourth-order valence-corrected chi connectivity index (χ4v) is 4.85. The summed E-state index contributed by atoms with van der Waals surface area (Å²) in [5, 5.41) is 0.